The molecule has 2 aliphatic heterocycles. The SMILES string of the molecule is CCOC(=O)C1=C(C)N=c2sc(=Cc3cc([N+](=O)[O-])ccc3N3CCN(C)CC3)c(=O)n2[C@@H]1c1cc(OC)ccc1OC. The van der Waals surface area contributed by atoms with E-state index in [1.807, 2.05) is 0 Å². The number of benzene rings is 2. The molecule has 0 bridgehead atoms. The molecule has 3 aromatic rings. The monoisotopic (exact) mass is 607 g/mol. The minimum Gasteiger partial charge on any atom is -0.497 e. The van der Waals surface area contributed by atoms with Crippen molar-refractivity contribution in [2.75, 3.05) is 59.0 Å². The Balaban J connectivity index is 1.74. The largest absolute Gasteiger partial charge is 0.497 e. The molecule has 2 aromatic carbocycles. The first-order valence-electron chi connectivity index (χ1n) is 13.8. The average Bonchev–Trinajstić information content (AvgIpc) is 3.30. The van der Waals surface area contributed by atoms with Gasteiger partial charge in [-0.25, -0.2) is 9.79 Å². The lowest BCUT2D eigenvalue weighted by Gasteiger charge is -2.34. The number of rotatable bonds is 8. The van der Waals surface area contributed by atoms with Crippen molar-refractivity contribution in [2.45, 2.75) is 19.9 Å². The third kappa shape index (κ3) is 5.77. The predicted molar refractivity (Wildman–Crippen MR) is 163 cm³/mol. The summed E-state index contributed by atoms with van der Waals surface area (Å²) in [5.41, 5.74) is 2.04. The highest BCUT2D eigenvalue weighted by Crippen LogP contribution is 2.38. The van der Waals surface area contributed by atoms with Crippen LogP contribution in [0.4, 0.5) is 11.4 Å². The summed E-state index contributed by atoms with van der Waals surface area (Å²) >= 11 is 1.15. The first-order valence-corrected chi connectivity index (χ1v) is 14.6. The second-order valence-electron chi connectivity index (χ2n) is 10.2. The Bertz CT molecular complexity index is 1790. The third-order valence-electron chi connectivity index (χ3n) is 7.60. The first kappa shape index (κ1) is 30.0. The number of carbonyl (C=O) groups is 1. The number of fused-ring (bicyclic) bond motifs is 1. The van der Waals surface area contributed by atoms with Gasteiger partial charge in [-0.15, -0.1) is 0 Å². The summed E-state index contributed by atoms with van der Waals surface area (Å²) in [4.78, 5) is 48.2. The number of anilines is 1. The zero-order chi connectivity index (χ0) is 30.8. The van der Waals surface area contributed by atoms with Gasteiger partial charge in [-0.2, -0.15) is 0 Å². The van der Waals surface area contributed by atoms with Crippen molar-refractivity contribution in [1.82, 2.24) is 9.47 Å². The van der Waals surface area contributed by atoms with E-state index in [9.17, 15) is 19.7 Å². The molecule has 0 unspecified atom stereocenters. The highest BCUT2D eigenvalue weighted by atomic mass is 32.1. The Morgan fingerprint density at radius 1 is 1.14 bits per heavy atom. The van der Waals surface area contributed by atoms with E-state index in [1.54, 1.807) is 44.2 Å². The highest BCUT2D eigenvalue weighted by Gasteiger charge is 2.35. The zero-order valence-corrected chi connectivity index (χ0v) is 25.5. The summed E-state index contributed by atoms with van der Waals surface area (Å²) in [5.74, 6) is 0.376. The van der Waals surface area contributed by atoms with Crippen molar-refractivity contribution in [2.24, 2.45) is 4.99 Å². The summed E-state index contributed by atoms with van der Waals surface area (Å²) in [6.07, 6.45) is 1.67. The Hall–Kier alpha value is -4.49. The maximum absolute atomic E-state index is 14.2. The molecule has 1 saturated heterocycles. The number of hydrogen-bond acceptors (Lipinski definition) is 11. The lowest BCUT2D eigenvalue weighted by Crippen LogP contribution is -2.44. The standard InChI is InChI=1S/C30H33N5O7S/c1-6-42-29(37)26-18(2)31-30-34(27(26)22-17-21(40-4)8-10-24(22)41-5)28(36)25(43-30)16-19-15-20(35(38)39)7-9-23(19)33-13-11-32(3)12-14-33/h7-10,15-17,27H,6,11-14H2,1-5H3/t27-/m1/s1. The molecule has 0 spiro atoms. The topological polar surface area (TPSA) is 129 Å². The molecule has 3 heterocycles. The van der Waals surface area contributed by atoms with E-state index in [-0.39, 0.29) is 17.9 Å². The van der Waals surface area contributed by atoms with Gasteiger partial charge in [0.2, 0.25) is 0 Å². The fraction of sp³-hybridized carbons (Fsp3) is 0.367. The number of aromatic nitrogens is 1. The summed E-state index contributed by atoms with van der Waals surface area (Å²) in [6, 6.07) is 8.97. The summed E-state index contributed by atoms with van der Waals surface area (Å²) in [7, 11) is 5.09. The van der Waals surface area contributed by atoms with Crippen molar-refractivity contribution >= 4 is 34.8 Å². The molecular weight excluding hydrogens is 574 g/mol. The maximum atomic E-state index is 14.2. The normalized spacial score (nSPS) is 17.4. The maximum Gasteiger partial charge on any atom is 0.338 e. The van der Waals surface area contributed by atoms with Crippen LogP contribution in [0.1, 0.15) is 31.0 Å². The van der Waals surface area contributed by atoms with Crippen molar-refractivity contribution in [3.05, 3.63) is 88.6 Å². The lowest BCUT2D eigenvalue weighted by atomic mass is 9.94. The molecular formula is C30H33N5O7S. The van der Waals surface area contributed by atoms with Crippen molar-refractivity contribution in [3.63, 3.8) is 0 Å². The number of piperazine rings is 1. The van der Waals surface area contributed by atoms with Crippen LogP contribution in [0.2, 0.25) is 0 Å². The van der Waals surface area contributed by atoms with Crippen LogP contribution in [0, 0.1) is 10.1 Å². The van der Waals surface area contributed by atoms with Gasteiger partial charge < -0.3 is 24.0 Å². The van der Waals surface area contributed by atoms with E-state index >= 15 is 0 Å². The van der Waals surface area contributed by atoms with Gasteiger partial charge in [-0.3, -0.25) is 19.5 Å². The number of non-ortho nitro benzene ring substituents is 1. The van der Waals surface area contributed by atoms with Crippen LogP contribution in [0.15, 0.2) is 57.5 Å². The second-order valence-corrected chi connectivity index (χ2v) is 11.2. The van der Waals surface area contributed by atoms with Crippen LogP contribution in [-0.4, -0.2) is 74.4 Å². The summed E-state index contributed by atoms with van der Waals surface area (Å²) in [5, 5.41) is 11.7. The zero-order valence-electron chi connectivity index (χ0n) is 24.7. The van der Waals surface area contributed by atoms with Crippen molar-refractivity contribution < 1.29 is 23.9 Å². The molecule has 12 nitrogen and oxygen atoms in total. The molecule has 0 radical (unpaired) electrons. The van der Waals surface area contributed by atoms with Gasteiger partial charge in [0.05, 0.1) is 41.6 Å². The number of methoxy groups -OCH3 is 2. The average molecular weight is 608 g/mol. The van der Waals surface area contributed by atoms with Crippen LogP contribution in [-0.2, 0) is 9.53 Å². The Labute approximate surface area is 251 Å². The molecule has 1 atom stereocenters. The van der Waals surface area contributed by atoms with Gasteiger partial charge in [-0.1, -0.05) is 11.3 Å². The summed E-state index contributed by atoms with van der Waals surface area (Å²) < 4.78 is 18.3. The molecule has 13 heteroatoms. The minimum absolute atomic E-state index is 0.0728. The van der Waals surface area contributed by atoms with Crippen LogP contribution in [0.25, 0.3) is 6.08 Å². The number of ether oxygens (including phenoxy) is 3. The number of nitro benzene ring substituents is 1. The van der Waals surface area contributed by atoms with E-state index < -0.39 is 22.5 Å². The van der Waals surface area contributed by atoms with Gasteiger partial charge >= 0.3 is 5.97 Å². The highest BCUT2D eigenvalue weighted by molar-refractivity contribution is 7.07. The number of likely N-dealkylation sites (N-methyl/N-ethyl adjacent to an activating group) is 1. The summed E-state index contributed by atoms with van der Waals surface area (Å²) in [6.45, 7) is 6.73. The fourth-order valence-electron chi connectivity index (χ4n) is 5.39. The van der Waals surface area contributed by atoms with Gasteiger partial charge in [0.25, 0.3) is 11.2 Å². The molecule has 1 fully saturated rings. The van der Waals surface area contributed by atoms with E-state index in [0.29, 0.717) is 37.7 Å². The molecule has 43 heavy (non-hydrogen) atoms. The molecule has 5 rings (SSSR count). The Kier molecular flexibility index (Phi) is 8.64. The lowest BCUT2D eigenvalue weighted by molar-refractivity contribution is -0.384. The van der Waals surface area contributed by atoms with E-state index in [1.165, 1.54) is 30.9 Å². The Morgan fingerprint density at radius 2 is 1.88 bits per heavy atom. The third-order valence-corrected chi connectivity index (χ3v) is 8.58. The number of nitrogens with zero attached hydrogens (tertiary/aromatic N) is 5. The number of hydrogen-bond donors (Lipinski definition) is 0. The number of carbonyl (C=O) groups excluding carboxylic acids is 1. The molecule has 2 aliphatic rings. The predicted octanol–water partition coefficient (Wildman–Crippen LogP) is 2.48. The fourth-order valence-corrected chi connectivity index (χ4v) is 6.42. The molecule has 0 aliphatic carbocycles. The molecule has 1 aromatic heterocycles. The Morgan fingerprint density at radius 3 is 2.53 bits per heavy atom. The quantitative estimate of drug-likeness (QED) is 0.216. The van der Waals surface area contributed by atoms with E-state index in [4.69, 9.17) is 14.2 Å². The van der Waals surface area contributed by atoms with Crippen LogP contribution >= 0.6 is 11.3 Å². The van der Waals surface area contributed by atoms with E-state index in [0.717, 1.165) is 43.2 Å². The van der Waals surface area contributed by atoms with Crippen molar-refractivity contribution in [3.8, 4) is 11.5 Å². The number of thiazole rings is 1. The van der Waals surface area contributed by atoms with Crippen LogP contribution in [0.3, 0.4) is 0 Å². The number of allylic oxidation sites excluding steroid dienone is 1. The van der Waals surface area contributed by atoms with Gasteiger partial charge in [-0.05, 0) is 51.2 Å². The second kappa shape index (κ2) is 12.4. The minimum atomic E-state index is -0.912. The molecule has 0 saturated carbocycles. The van der Waals surface area contributed by atoms with Gasteiger partial charge in [0.15, 0.2) is 4.80 Å². The van der Waals surface area contributed by atoms with Crippen LogP contribution < -0.4 is 29.3 Å². The van der Waals surface area contributed by atoms with Gasteiger partial charge in [0, 0.05) is 55.1 Å². The van der Waals surface area contributed by atoms with Crippen molar-refractivity contribution in [1.29, 1.82) is 0 Å². The molecule has 226 valence electrons. The van der Waals surface area contributed by atoms with E-state index in [2.05, 4.69) is 21.8 Å². The first-order chi connectivity index (χ1) is 20.7. The number of esters is 1. The van der Waals surface area contributed by atoms with Crippen LogP contribution in [0.5, 0.6) is 11.5 Å². The van der Waals surface area contributed by atoms with Gasteiger partial charge in [0.1, 0.15) is 17.5 Å². The smallest absolute Gasteiger partial charge is 0.338 e. The number of nitro groups is 1. The molecule has 0 amide bonds. The molecule has 0 N–H and O–H groups in total.